The predicted octanol–water partition coefficient (Wildman–Crippen LogP) is 3.79. The average Bonchev–Trinajstić information content (AvgIpc) is 2.63. The van der Waals surface area contributed by atoms with E-state index in [0.29, 0.717) is 22.7 Å². The molecule has 1 atom stereocenters. The van der Waals surface area contributed by atoms with Crippen molar-refractivity contribution in [1.29, 1.82) is 0 Å². The van der Waals surface area contributed by atoms with Gasteiger partial charge in [-0.1, -0.05) is 0 Å². The van der Waals surface area contributed by atoms with Crippen molar-refractivity contribution in [3.05, 3.63) is 60.5 Å². The minimum atomic E-state index is -0.751. The Hall–Kier alpha value is -3.15. The van der Waals surface area contributed by atoms with Gasteiger partial charge >= 0.3 is 0 Å². The van der Waals surface area contributed by atoms with Gasteiger partial charge in [0.05, 0.1) is 12.8 Å². The van der Waals surface area contributed by atoms with Crippen LogP contribution in [-0.4, -0.2) is 24.1 Å². The second-order valence-electron chi connectivity index (χ2n) is 5.42. The highest BCUT2D eigenvalue weighted by Gasteiger charge is 2.17. The second kappa shape index (κ2) is 7.17. The van der Waals surface area contributed by atoms with Crippen LogP contribution in [0, 0.1) is 5.82 Å². The molecule has 3 rings (SSSR count). The first-order chi connectivity index (χ1) is 12.1. The lowest BCUT2D eigenvalue weighted by Crippen LogP contribution is -2.30. The van der Waals surface area contributed by atoms with Crippen molar-refractivity contribution >= 4 is 22.5 Å². The molecule has 0 saturated carbocycles. The number of aromatic nitrogens is 1. The lowest BCUT2D eigenvalue weighted by molar-refractivity contribution is -0.122. The van der Waals surface area contributed by atoms with Crippen LogP contribution in [-0.2, 0) is 4.79 Å². The number of rotatable bonds is 5. The predicted molar refractivity (Wildman–Crippen MR) is 93.4 cm³/mol. The number of pyridine rings is 1. The molecule has 1 unspecified atom stereocenters. The number of carbonyl (C=O) groups excluding carboxylic acids is 1. The summed E-state index contributed by atoms with van der Waals surface area (Å²) in [6.45, 7) is 1.63. The van der Waals surface area contributed by atoms with Gasteiger partial charge in [0.25, 0.3) is 5.91 Å². The summed E-state index contributed by atoms with van der Waals surface area (Å²) >= 11 is 0. The third kappa shape index (κ3) is 3.68. The molecule has 1 amide bonds. The first-order valence-corrected chi connectivity index (χ1v) is 7.73. The van der Waals surface area contributed by atoms with E-state index in [-0.39, 0.29) is 11.7 Å². The summed E-state index contributed by atoms with van der Waals surface area (Å²) in [5, 5.41) is 3.60. The fourth-order valence-corrected chi connectivity index (χ4v) is 2.43. The van der Waals surface area contributed by atoms with Gasteiger partial charge in [-0.05, 0) is 55.5 Å². The summed E-state index contributed by atoms with van der Waals surface area (Å²) in [7, 11) is 1.57. The molecule has 3 aromatic rings. The lowest BCUT2D eigenvalue weighted by atomic mass is 10.1. The summed E-state index contributed by atoms with van der Waals surface area (Å²) in [5.74, 6) is 0.371. The van der Waals surface area contributed by atoms with Crippen LogP contribution in [0.5, 0.6) is 11.5 Å². The molecule has 2 aromatic carbocycles. The van der Waals surface area contributed by atoms with Gasteiger partial charge in [-0.15, -0.1) is 0 Å². The van der Waals surface area contributed by atoms with Crippen LogP contribution in [0.2, 0.25) is 0 Å². The Labute approximate surface area is 144 Å². The van der Waals surface area contributed by atoms with Crippen LogP contribution in [0.1, 0.15) is 6.92 Å². The zero-order chi connectivity index (χ0) is 17.8. The fraction of sp³-hybridized carbons (Fsp3) is 0.158. The first kappa shape index (κ1) is 16.7. The standard InChI is InChI=1S/C19H17FN2O3/c1-12(25-14-7-5-13(20)6-8-14)19(23)22-16-9-10-17(24-2)18-15(16)4-3-11-21-18/h3-12H,1-2H3,(H,22,23). The summed E-state index contributed by atoms with van der Waals surface area (Å²) in [5.41, 5.74) is 1.28. The fourth-order valence-electron chi connectivity index (χ4n) is 2.43. The Morgan fingerprint density at radius 1 is 1.16 bits per heavy atom. The number of hydrogen-bond acceptors (Lipinski definition) is 4. The number of hydrogen-bond donors (Lipinski definition) is 1. The molecule has 0 saturated heterocycles. The molecular weight excluding hydrogens is 323 g/mol. The maximum absolute atomic E-state index is 12.9. The molecule has 1 N–H and O–H groups in total. The molecule has 0 aliphatic rings. The van der Waals surface area contributed by atoms with Crippen LogP contribution < -0.4 is 14.8 Å². The molecule has 6 heteroatoms. The molecule has 0 radical (unpaired) electrons. The lowest BCUT2D eigenvalue weighted by Gasteiger charge is -2.16. The van der Waals surface area contributed by atoms with Gasteiger partial charge in [0.1, 0.15) is 22.8 Å². The summed E-state index contributed by atoms with van der Waals surface area (Å²) < 4.78 is 23.8. The van der Waals surface area contributed by atoms with E-state index in [1.807, 2.05) is 6.07 Å². The zero-order valence-corrected chi connectivity index (χ0v) is 13.8. The Kier molecular flexibility index (Phi) is 4.79. The van der Waals surface area contributed by atoms with Gasteiger partial charge in [0.2, 0.25) is 0 Å². The maximum Gasteiger partial charge on any atom is 0.265 e. The van der Waals surface area contributed by atoms with Gasteiger partial charge in [-0.25, -0.2) is 4.39 Å². The topological polar surface area (TPSA) is 60.5 Å². The number of fused-ring (bicyclic) bond motifs is 1. The Balaban J connectivity index is 1.78. The van der Waals surface area contributed by atoms with Crippen LogP contribution >= 0.6 is 0 Å². The van der Waals surface area contributed by atoms with Crippen LogP contribution in [0.15, 0.2) is 54.7 Å². The monoisotopic (exact) mass is 340 g/mol. The van der Waals surface area contributed by atoms with E-state index in [9.17, 15) is 9.18 Å². The number of benzene rings is 2. The summed E-state index contributed by atoms with van der Waals surface area (Å²) in [6.07, 6.45) is 0.913. The average molecular weight is 340 g/mol. The Bertz CT molecular complexity index is 897. The highest BCUT2D eigenvalue weighted by Crippen LogP contribution is 2.29. The van der Waals surface area contributed by atoms with Crippen LogP contribution in [0.4, 0.5) is 10.1 Å². The van der Waals surface area contributed by atoms with Crippen molar-refractivity contribution in [3.8, 4) is 11.5 Å². The largest absolute Gasteiger partial charge is 0.494 e. The van der Waals surface area contributed by atoms with Gasteiger partial charge in [-0.3, -0.25) is 9.78 Å². The molecule has 128 valence electrons. The molecule has 0 bridgehead atoms. The smallest absolute Gasteiger partial charge is 0.265 e. The number of nitrogens with one attached hydrogen (secondary N) is 1. The Morgan fingerprint density at radius 3 is 2.64 bits per heavy atom. The molecule has 25 heavy (non-hydrogen) atoms. The van der Waals surface area contributed by atoms with Crippen molar-refractivity contribution in [1.82, 2.24) is 4.98 Å². The van der Waals surface area contributed by atoms with Gasteiger partial charge < -0.3 is 14.8 Å². The third-order valence-electron chi connectivity index (χ3n) is 3.71. The summed E-state index contributed by atoms with van der Waals surface area (Å²) in [6, 6.07) is 12.7. The van der Waals surface area contributed by atoms with E-state index in [4.69, 9.17) is 9.47 Å². The normalized spacial score (nSPS) is 11.8. The molecule has 1 aromatic heterocycles. The van der Waals surface area contributed by atoms with Gasteiger partial charge in [0.15, 0.2) is 6.10 Å². The Morgan fingerprint density at radius 2 is 1.92 bits per heavy atom. The van der Waals surface area contributed by atoms with E-state index in [0.717, 1.165) is 5.39 Å². The van der Waals surface area contributed by atoms with E-state index in [1.165, 1.54) is 24.3 Å². The van der Waals surface area contributed by atoms with Crippen molar-refractivity contribution in [2.75, 3.05) is 12.4 Å². The van der Waals surface area contributed by atoms with E-state index >= 15 is 0 Å². The SMILES string of the molecule is COc1ccc(NC(=O)C(C)Oc2ccc(F)cc2)c2cccnc12. The minimum Gasteiger partial charge on any atom is -0.494 e. The van der Waals surface area contributed by atoms with Crippen LogP contribution in [0.25, 0.3) is 10.9 Å². The van der Waals surface area contributed by atoms with E-state index < -0.39 is 6.10 Å². The maximum atomic E-state index is 12.9. The zero-order valence-electron chi connectivity index (χ0n) is 13.8. The van der Waals surface area contributed by atoms with Crippen molar-refractivity contribution in [2.24, 2.45) is 0 Å². The van der Waals surface area contributed by atoms with E-state index in [1.54, 1.807) is 38.4 Å². The summed E-state index contributed by atoms with van der Waals surface area (Å²) in [4.78, 5) is 16.7. The number of methoxy groups -OCH3 is 1. The third-order valence-corrected chi connectivity index (χ3v) is 3.71. The number of ether oxygens (including phenoxy) is 2. The molecule has 0 aliphatic heterocycles. The molecule has 1 heterocycles. The minimum absolute atomic E-state index is 0.320. The number of amides is 1. The first-order valence-electron chi connectivity index (χ1n) is 7.73. The highest BCUT2D eigenvalue weighted by atomic mass is 19.1. The number of halogens is 1. The second-order valence-corrected chi connectivity index (χ2v) is 5.42. The van der Waals surface area contributed by atoms with Crippen molar-refractivity contribution < 1.29 is 18.7 Å². The van der Waals surface area contributed by atoms with Crippen molar-refractivity contribution in [2.45, 2.75) is 13.0 Å². The molecular formula is C19H17FN2O3. The molecule has 5 nitrogen and oxygen atoms in total. The highest BCUT2D eigenvalue weighted by molar-refractivity contribution is 6.04. The number of anilines is 1. The van der Waals surface area contributed by atoms with Crippen molar-refractivity contribution in [3.63, 3.8) is 0 Å². The molecule has 0 aliphatic carbocycles. The molecule has 0 fully saturated rings. The van der Waals surface area contributed by atoms with E-state index in [2.05, 4.69) is 10.3 Å². The van der Waals surface area contributed by atoms with Crippen LogP contribution in [0.3, 0.4) is 0 Å². The quantitative estimate of drug-likeness (QED) is 0.768. The number of carbonyl (C=O) groups is 1. The van der Waals surface area contributed by atoms with Gasteiger partial charge in [-0.2, -0.15) is 0 Å². The number of nitrogens with zero attached hydrogens (tertiary/aromatic N) is 1. The van der Waals surface area contributed by atoms with Gasteiger partial charge in [0, 0.05) is 11.6 Å². The molecule has 0 spiro atoms.